The molecule has 1 aromatic carbocycles. The Bertz CT molecular complexity index is 690. The van der Waals surface area contributed by atoms with Gasteiger partial charge in [0, 0.05) is 21.9 Å². The van der Waals surface area contributed by atoms with E-state index in [1.165, 1.54) is 0 Å². The van der Waals surface area contributed by atoms with Gasteiger partial charge in [-0.25, -0.2) is 0 Å². The molecule has 3 aromatic rings. The van der Waals surface area contributed by atoms with Gasteiger partial charge in [0.15, 0.2) is 11.5 Å². The Balaban J connectivity index is 2.29. The van der Waals surface area contributed by atoms with Gasteiger partial charge in [-0.3, -0.25) is 4.40 Å². The Kier molecular flexibility index (Phi) is 2.33. The van der Waals surface area contributed by atoms with E-state index in [0.29, 0.717) is 5.69 Å². The predicted octanol–water partition coefficient (Wildman–Crippen LogP) is 2.74. The SMILES string of the molecule is Nc1ccccc1-c1nnc2cc(Br)ccn12. The fourth-order valence-electron chi connectivity index (χ4n) is 1.75. The highest BCUT2D eigenvalue weighted by atomic mass is 79.9. The highest BCUT2D eigenvalue weighted by molar-refractivity contribution is 9.10. The maximum Gasteiger partial charge on any atom is 0.170 e. The van der Waals surface area contributed by atoms with Crippen LogP contribution >= 0.6 is 15.9 Å². The van der Waals surface area contributed by atoms with Gasteiger partial charge in [0.1, 0.15) is 0 Å². The van der Waals surface area contributed by atoms with Crippen molar-refractivity contribution in [3.63, 3.8) is 0 Å². The normalized spacial score (nSPS) is 10.9. The van der Waals surface area contributed by atoms with Crippen LogP contribution in [0.25, 0.3) is 17.0 Å². The number of hydrogen-bond donors (Lipinski definition) is 1. The van der Waals surface area contributed by atoms with Gasteiger partial charge in [-0.2, -0.15) is 0 Å². The molecule has 0 amide bonds. The van der Waals surface area contributed by atoms with Gasteiger partial charge in [-0.05, 0) is 24.3 Å². The minimum absolute atomic E-state index is 0.699. The van der Waals surface area contributed by atoms with Gasteiger partial charge in [0.2, 0.25) is 0 Å². The Hall–Kier alpha value is -1.88. The average molecular weight is 289 g/mol. The Labute approximate surface area is 106 Å². The third kappa shape index (κ3) is 1.68. The van der Waals surface area contributed by atoms with Crippen molar-refractivity contribution in [2.45, 2.75) is 0 Å². The predicted molar refractivity (Wildman–Crippen MR) is 70.5 cm³/mol. The maximum absolute atomic E-state index is 5.94. The number of nitrogens with zero attached hydrogens (tertiary/aromatic N) is 3. The van der Waals surface area contributed by atoms with E-state index in [1.807, 2.05) is 47.0 Å². The first-order valence-corrected chi connectivity index (χ1v) is 5.90. The third-order valence-corrected chi connectivity index (χ3v) is 3.07. The van der Waals surface area contributed by atoms with E-state index in [-0.39, 0.29) is 0 Å². The van der Waals surface area contributed by atoms with E-state index in [2.05, 4.69) is 26.1 Å². The van der Waals surface area contributed by atoms with Crippen molar-refractivity contribution in [1.82, 2.24) is 14.6 Å². The number of pyridine rings is 1. The van der Waals surface area contributed by atoms with Crippen LogP contribution in [-0.4, -0.2) is 14.6 Å². The molecule has 0 saturated heterocycles. The molecule has 0 bridgehead atoms. The minimum Gasteiger partial charge on any atom is -0.398 e. The topological polar surface area (TPSA) is 56.2 Å². The van der Waals surface area contributed by atoms with Crippen LogP contribution in [0.3, 0.4) is 0 Å². The summed E-state index contributed by atoms with van der Waals surface area (Å²) < 4.78 is 2.89. The number of fused-ring (bicyclic) bond motifs is 1. The number of halogens is 1. The van der Waals surface area contributed by atoms with E-state index in [1.54, 1.807) is 0 Å². The summed E-state index contributed by atoms with van der Waals surface area (Å²) >= 11 is 3.41. The van der Waals surface area contributed by atoms with Gasteiger partial charge in [-0.1, -0.05) is 28.1 Å². The summed E-state index contributed by atoms with van der Waals surface area (Å²) in [5, 5.41) is 8.30. The zero-order chi connectivity index (χ0) is 11.8. The van der Waals surface area contributed by atoms with Crippen LogP contribution in [0.4, 0.5) is 5.69 Å². The molecule has 0 atom stereocenters. The van der Waals surface area contributed by atoms with Gasteiger partial charge >= 0.3 is 0 Å². The average Bonchev–Trinajstić information content (AvgIpc) is 2.72. The lowest BCUT2D eigenvalue weighted by molar-refractivity contribution is 1.11. The number of nitrogen functional groups attached to an aromatic ring is 1. The van der Waals surface area contributed by atoms with Crippen LogP contribution in [-0.2, 0) is 0 Å². The van der Waals surface area contributed by atoms with Crippen LogP contribution in [0.5, 0.6) is 0 Å². The fraction of sp³-hybridized carbons (Fsp3) is 0. The molecule has 4 nitrogen and oxygen atoms in total. The van der Waals surface area contributed by atoms with Crippen LogP contribution in [0.15, 0.2) is 47.1 Å². The number of rotatable bonds is 1. The van der Waals surface area contributed by atoms with Gasteiger partial charge in [0.05, 0.1) is 0 Å². The van der Waals surface area contributed by atoms with E-state index in [0.717, 1.165) is 21.5 Å². The molecule has 0 saturated carbocycles. The molecule has 2 aromatic heterocycles. The Morgan fingerprint density at radius 2 is 1.94 bits per heavy atom. The lowest BCUT2D eigenvalue weighted by atomic mass is 10.2. The second-order valence-electron chi connectivity index (χ2n) is 3.68. The number of hydrogen-bond acceptors (Lipinski definition) is 3. The summed E-state index contributed by atoms with van der Waals surface area (Å²) in [7, 11) is 0. The quantitative estimate of drug-likeness (QED) is 0.701. The second kappa shape index (κ2) is 3.85. The Morgan fingerprint density at radius 3 is 2.76 bits per heavy atom. The van der Waals surface area contributed by atoms with Gasteiger partial charge in [-0.15, -0.1) is 10.2 Å². The number of benzene rings is 1. The van der Waals surface area contributed by atoms with Crippen molar-refractivity contribution in [3.8, 4) is 11.4 Å². The molecule has 2 N–H and O–H groups in total. The molecule has 0 unspecified atom stereocenters. The molecular formula is C12H9BrN4. The highest BCUT2D eigenvalue weighted by Crippen LogP contribution is 2.25. The first-order valence-electron chi connectivity index (χ1n) is 5.11. The number of nitrogens with two attached hydrogens (primary N) is 1. The minimum atomic E-state index is 0.699. The maximum atomic E-state index is 5.94. The van der Waals surface area contributed by atoms with Crippen LogP contribution < -0.4 is 5.73 Å². The molecular weight excluding hydrogens is 280 g/mol. The van der Waals surface area contributed by atoms with Crippen molar-refractivity contribution in [2.24, 2.45) is 0 Å². The highest BCUT2D eigenvalue weighted by Gasteiger charge is 2.10. The lowest BCUT2D eigenvalue weighted by Gasteiger charge is -2.03. The first kappa shape index (κ1) is 10.3. The molecule has 0 aliphatic rings. The zero-order valence-corrected chi connectivity index (χ0v) is 10.4. The smallest absolute Gasteiger partial charge is 0.170 e. The van der Waals surface area contributed by atoms with Crippen LogP contribution in [0.1, 0.15) is 0 Å². The largest absolute Gasteiger partial charge is 0.398 e. The Morgan fingerprint density at radius 1 is 1.12 bits per heavy atom. The first-order chi connectivity index (χ1) is 8.25. The molecule has 5 heteroatoms. The molecule has 84 valence electrons. The molecule has 2 heterocycles. The van der Waals surface area contributed by atoms with Crippen molar-refractivity contribution >= 4 is 27.3 Å². The summed E-state index contributed by atoms with van der Waals surface area (Å²) in [6.07, 6.45) is 1.92. The molecule has 3 rings (SSSR count). The van der Waals surface area contributed by atoms with Gasteiger partial charge in [0.25, 0.3) is 0 Å². The lowest BCUT2D eigenvalue weighted by Crippen LogP contribution is -1.94. The fourth-order valence-corrected chi connectivity index (χ4v) is 2.07. The van der Waals surface area contributed by atoms with Crippen LogP contribution in [0, 0.1) is 0 Å². The molecule has 0 spiro atoms. The standard InChI is InChI=1S/C12H9BrN4/c13-8-5-6-17-11(7-8)15-16-12(17)9-3-1-2-4-10(9)14/h1-7H,14H2. The number of para-hydroxylation sites is 1. The van der Waals surface area contributed by atoms with E-state index in [4.69, 9.17) is 5.73 Å². The second-order valence-corrected chi connectivity index (χ2v) is 4.60. The van der Waals surface area contributed by atoms with Crippen molar-refractivity contribution in [3.05, 3.63) is 47.1 Å². The molecule has 17 heavy (non-hydrogen) atoms. The molecule has 0 radical (unpaired) electrons. The summed E-state index contributed by atoms with van der Waals surface area (Å²) in [5.41, 5.74) is 8.32. The summed E-state index contributed by atoms with van der Waals surface area (Å²) in [6, 6.07) is 11.5. The summed E-state index contributed by atoms with van der Waals surface area (Å²) in [6.45, 7) is 0. The van der Waals surface area contributed by atoms with Crippen molar-refractivity contribution in [2.75, 3.05) is 5.73 Å². The number of aromatic nitrogens is 3. The van der Waals surface area contributed by atoms with Crippen molar-refractivity contribution in [1.29, 1.82) is 0 Å². The number of anilines is 1. The third-order valence-electron chi connectivity index (χ3n) is 2.57. The van der Waals surface area contributed by atoms with E-state index < -0.39 is 0 Å². The van der Waals surface area contributed by atoms with E-state index >= 15 is 0 Å². The monoisotopic (exact) mass is 288 g/mol. The zero-order valence-electron chi connectivity index (χ0n) is 8.84. The van der Waals surface area contributed by atoms with E-state index in [9.17, 15) is 0 Å². The summed E-state index contributed by atoms with van der Waals surface area (Å²) in [4.78, 5) is 0. The summed E-state index contributed by atoms with van der Waals surface area (Å²) in [5.74, 6) is 0.755. The molecule has 0 fully saturated rings. The molecule has 0 aliphatic carbocycles. The van der Waals surface area contributed by atoms with Crippen LogP contribution in [0.2, 0.25) is 0 Å². The van der Waals surface area contributed by atoms with Gasteiger partial charge < -0.3 is 5.73 Å². The van der Waals surface area contributed by atoms with Crippen molar-refractivity contribution < 1.29 is 0 Å². The molecule has 0 aliphatic heterocycles.